The zero-order valence-corrected chi connectivity index (χ0v) is 22.0. The Balaban J connectivity index is 1.90. The van der Waals surface area contributed by atoms with Crippen molar-refractivity contribution >= 4 is 29.1 Å². The number of ketones is 1. The number of hydrogen-bond acceptors (Lipinski definition) is 6. The highest BCUT2D eigenvalue weighted by atomic mass is 35.5. The molecule has 0 radical (unpaired) electrons. The average molecular weight is 521 g/mol. The van der Waals surface area contributed by atoms with Crippen LogP contribution in [0.2, 0.25) is 5.02 Å². The molecule has 7 nitrogen and oxygen atoms in total. The van der Waals surface area contributed by atoms with Gasteiger partial charge in [0.2, 0.25) is 0 Å². The minimum atomic E-state index is -0.861. The van der Waals surface area contributed by atoms with Gasteiger partial charge in [-0.1, -0.05) is 37.6 Å². The van der Waals surface area contributed by atoms with Crippen LogP contribution in [0.1, 0.15) is 42.1 Å². The highest BCUT2D eigenvalue weighted by Crippen LogP contribution is 2.43. The van der Waals surface area contributed by atoms with E-state index in [4.69, 9.17) is 21.1 Å². The Hall–Kier alpha value is -3.84. The summed E-state index contributed by atoms with van der Waals surface area (Å²) in [5, 5.41) is 11.8. The SMILES string of the molecule is COc1c(Cl)cc(C)cc1/C(O)=C1\C(=O)C(=O)N(Cc2ccncc2)C1c1cccc(OCC(C)C)c1. The lowest BCUT2D eigenvalue weighted by Crippen LogP contribution is -2.29. The smallest absolute Gasteiger partial charge is 0.295 e. The van der Waals surface area contributed by atoms with E-state index in [0.29, 0.717) is 23.8 Å². The fourth-order valence-electron chi connectivity index (χ4n) is 4.37. The van der Waals surface area contributed by atoms with Gasteiger partial charge in [0.1, 0.15) is 17.3 Å². The van der Waals surface area contributed by atoms with E-state index in [1.165, 1.54) is 12.0 Å². The summed E-state index contributed by atoms with van der Waals surface area (Å²) in [4.78, 5) is 32.3. The predicted octanol–water partition coefficient (Wildman–Crippen LogP) is 5.71. The number of Topliss-reactive ketones (excluding diaryl/α,β-unsaturated/α-hetero) is 1. The maximum Gasteiger partial charge on any atom is 0.295 e. The third-order valence-corrected chi connectivity index (χ3v) is 6.33. The van der Waals surface area contributed by atoms with Crippen molar-refractivity contribution in [3.8, 4) is 11.5 Å². The molecule has 0 spiro atoms. The van der Waals surface area contributed by atoms with Gasteiger partial charge in [-0.05, 0) is 65.9 Å². The van der Waals surface area contributed by atoms with Gasteiger partial charge in [-0.25, -0.2) is 0 Å². The van der Waals surface area contributed by atoms with E-state index < -0.39 is 17.7 Å². The molecule has 1 aliphatic rings. The molecule has 1 N–H and O–H groups in total. The molecule has 2 aromatic carbocycles. The van der Waals surface area contributed by atoms with Crippen LogP contribution in [0, 0.1) is 12.8 Å². The lowest BCUT2D eigenvalue weighted by Gasteiger charge is -2.26. The molecule has 1 atom stereocenters. The molecule has 8 heteroatoms. The molecule has 1 amide bonds. The van der Waals surface area contributed by atoms with Gasteiger partial charge in [0.15, 0.2) is 0 Å². The van der Waals surface area contributed by atoms with Gasteiger partial charge in [-0.15, -0.1) is 0 Å². The Labute approximate surface area is 221 Å². The molecule has 4 rings (SSSR count). The summed E-state index contributed by atoms with van der Waals surface area (Å²) in [6, 6.07) is 13.3. The van der Waals surface area contributed by atoms with Crippen molar-refractivity contribution in [3.63, 3.8) is 0 Å². The number of halogens is 1. The Morgan fingerprint density at radius 1 is 1.14 bits per heavy atom. The fraction of sp³-hybridized carbons (Fsp3) is 0.276. The first-order valence-electron chi connectivity index (χ1n) is 12.0. The van der Waals surface area contributed by atoms with Crippen LogP contribution in [-0.2, 0) is 16.1 Å². The molecule has 1 unspecified atom stereocenters. The largest absolute Gasteiger partial charge is 0.507 e. The maximum atomic E-state index is 13.4. The maximum absolute atomic E-state index is 13.4. The van der Waals surface area contributed by atoms with E-state index >= 15 is 0 Å². The summed E-state index contributed by atoms with van der Waals surface area (Å²) in [6.07, 6.45) is 3.25. The van der Waals surface area contributed by atoms with Crippen LogP contribution in [0.4, 0.5) is 0 Å². The van der Waals surface area contributed by atoms with Gasteiger partial charge in [0.25, 0.3) is 11.7 Å². The molecule has 0 aliphatic carbocycles. The first kappa shape index (κ1) is 26.2. The topological polar surface area (TPSA) is 89.0 Å². The number of carbonyl (C=O) groups excluding carboxylic acids is 2. The van der Waals surface area contributed by atoms with Crippen molar-refractivity contribution < 1.29 is 24.2 Å². The number of rotatable bonds is 8. The quantitative estimate of drug-likeness (QED) is 0.232. The molecule has 1 fully saturated rings. The van der Waals surface area contributed by atoms with E-state index in [9.17, 15) is 14.7 Å². The summed E-state index contributed by atoms with van der Waals surface area (Å²) in [5.41, 5.74) is 2.39. The predicted molar refractivity (Wildman–Crippen MR) is 142 cm³/mol. The number of benzene rings is 2. The molecule has 1 aliphatic heterocycles. The number of hydrogen-bond donors (Lipinski definition) is 1. The number of pyridine rings is 1. The number of ether oxygens (including phenoxy) is 2. The monoisotopic (exact) mass is 520 g/mol. The second-order valence-corrected chi connectivity index (χ2v) is 9.79. The molecule has 192 valence electrons. The molecular weight excluding hydrogens is 492 g/mol. The van der Waals surface area contributed by atoms with Gasteiger partial charge in [0.05, 0.1) is 35.9 Å². The van der Waals surface area contributed by atoms with Crippen LogP contribution >= 0.6 is 11.6 Å². The molecule has 2 heterocycles. The average Bonchev–Trinajstić information content (AvgIpc) is 3.12. The van der Waals surface area contributed by atoms with Crippen molar-refractivity contribution in [1.29, 1.82) is 0 Å². The van der Waals surface area contributed by atoms with Gasteiger partial charge in [-0.2, -0.15) is 0 Å². The summed E-state index contributed by atoms with van der Waals surface area (Å²) in [7, 11) is 1.43. The highest BCUT2D eigenvalue weighted by molar-refractivity contribution is 6.46. The second kappa shape index (κ2) is 11.0. The van der Waals surface area contributed by atoms with Crippen LogP contribution in [0.25, 0.3) is 5.76 Å². The number of likely N-dealkylation sites (tertiary alicyclic amines) is 1. The van der Waals surface area contributed by atoms with E-state index in [-0.39, 0.29) is 34.2 Å². The summed E-state index contributed by atoms with van der Waals surface area (Å²) in [5.74, 6) is -0.704. The summed E-state index contributed by atoms with van der Waals surface area (Å²) < 4.78 is 11.4. The van der Waals surface area contributed by atoms with Crippen molar-refractivity contribution in [2.45, 2.75) is 33.4 Å². The number of nitrogens with zero attached hydrogens (tertiary/aromatic N) is 2. The first-order chi connectivity index (χ1) is 17.7. The number of aromatic nitrogens is 1. The van der Waals surface area contributed by atoms with Crippen molar-refractivity contribution in [2.75, 3.05) is 13.7 Å². The van der Waals surface area contributed by atoms with Crippen LogP contribution in [-0.4, -0.2) is 40.4 Å². The number of methoxy groups -OCH3 is 1. The molecule has 37 heavy (non-hydrogen) atoms. The summed E-state index contributed by atoms with van der Waals surface area (Å²) >= 11 is 6.38. The van der Waals surface area contributed by atoms with Gasteiger partial charge >= 0.3 is 0 Å². The number of aliphatic hydroxyl groups excluding tert-OH is 1. The minimum absolute atomic E-state index is 0.0416. The minimum Gasteiger partial charge on any atom is -0.507 e. The highest BCUT2D eigenvalue weighted by Gasteiger charge is 2.46. The standard InChI is InChI=1S/C29H29ClN2O5/c1-17(2)16-37-21-7-5-6-20(14-21)25-24(26(33)22-12-18(3)13-23(30)28(22)36-4)27(34)29(35)32(25)15-19-8-10-31-11-9-19/h5-14,17,25,33H,15-16H2,1-4H3/b26-24+. The van der Waals surface area contributed by atoms with Gasteiger partial charge < -0.3 is 19.5 Å². The Morgan fingerprint density at radius 3 is 2.54 bits per heavy atom. The number of amides is 1. The van der Waals surface area contributed by atoms with E-state index in [0.717, 1.165) is 11.1 Å². The molecule has 1 aromatic heterocycles. The Morgan fingerprint density at radius 2 is 1.86 bits per heavy atom. The molecule has 3 aromatic rings. The Kier molecular flexibility index (Phi) is 7.83. The van der Waals surface area contributed by atoms with Crippen molar-refractivity contribution in [3.05, 3.63) is 93.8 Å². The van der Waals surface area contributed by atoms with Crippen LogP contribution in [0.15, 0.2) is 66.5 Å². The normalized spacial score (nSPS) is 16.9. The zero-order chi connectivity index (χ0) is 26.7. The van der Waals surface area contributed by atoms with E-state index in [2.05, 4.69) is 4.98 Å². The fourth-order valence-corrected chi connectivity index (χ4v) is 4.72. The lowest BCUT2D eigenvalue weighted by atomic mass is 9.94. The third kappa shape index (κ3) is 5.47. The number of carbonyl (C=O) groups is 2. The third-order valence-electron chi connectivity index (χ3n) is 6.05. The van der Waals surface area contributed by atoms with E-state index in [1.54, 1.807) is 42.7 Å². The van der Waals surface area contributed by atoms with Crippen molar-refractivity contribution in [1.82, 2.24) is 9.88 Å². The molecule has 0 bridgehead atoms. The van der Waals surface area contributed by atoms with Gasteiger partial charge in [-0.3, -0.25) is 14.6 Å². The molecule has 0 saturated carbocycles. The molecular formula is C29H29ClN2O5. The molecule has 1 saturated heterocycles. The second-order valence-electron chi connectivity index (χ2n) is 9.39. The Bertz CT molecular complexity index is 1350. The number of aryl methyl sites for hydroxylation is 1. The van der Waals surface area contributed by atoms with Crippen LogP contribution < -0.4 is 9.47 Å². The summed E-state index contributed by atoms with van der Waals surface area (Å²) in [6.45, 7) is 6.58. The number of aliphatic hydroxyl groups is 1. The van der Waals surface area contributed by atoms with Crippen LogP contribution in [0.5, 0.6) is 11.5 Å². The van der Waals surface area contributed by atoms with E-state index in [1.807, 2.05) is 39.0 Å². The first-order valence-corrected chi connectivity index (χ1v) is 12.3. The van der Waals surface area contributed by atoms with Crippen LogP contribution in [0.3, 0.4) is 0 Å². The van der Waals surface area contributed by atoms with Gasteiger partial charge in [0, 0.05) is 18.9 Å². The zero-order valence-electron chi connectivity index (χ0n) is 21.2. The van der Waals surface area contributed by atoms with Crippen molar-refractivity contribution in [2.24, 2.45) is 5.92 Å². The lowest BCUT2D eigenvalue weighted by molar-refractivity contribution is -0.140.